The molecule has 0 bridgehead atoms. The van der Waals surface area contributed by atoms with E-state index in [4.69, 9.17) is 9.47 Å². The Morgan fingerprint density at radius 1 is 1.17 bits per heavy atom. The van der Waals surface area contributed by atoms with E-state index >= 15 is 0 Å². The first kappa shape index (κ1) is 26.0. The zero-order valence-corrected chi connectivity index (χ0v) is 20.9. The van der Waals surface area contributed by atoms with Gasteiger partial charge in [-0.2, -0.15) is 13.2 Å². The third-order valence-corrected chi connectivity index (χ3v) is 7.09. The molecule has 4 rings (SSSR count). The molecule has 7 nitrogen and oxygen atoms in total. The summed E-state index contributed by atoms with van der Waals surface area (Å²) in [6.07, 6.45) is 1.26. The van der Waals surface area contributed by atoms with Crippen LogP contribution in [0.25, 0.3) is 10.6 Å². The van der Waals surface area contributed by atoms with E-state index in [9.17, 15) is 18.0 Å². The van der Waals surface area contributed by atoms with Crippen molar-refractivity contribution in [3.8, 4) is 16.3 Å². The summed E-state index contributed by atoms with van der Waals surface area (Å²) in [6, 6.07) is 4.60. The first-order chi connectivity index (χ1) is 17.1. The van der Waals surface area contributed by atoms with Crippen LogP contribution in [0.2, 0.25) is 0 Å². The van der Waals surface area contributed by atoms with E-state index in [1.165, 1.54) is 0 Å². The monoisotopic (exact) mass is 520 g/mol. The van der Waals surface area contributed by atoms with Crippen LogP contribution in [-0.4, -0.2) is 40.2 Å². The molecule has 11 heteroatoms. The molecule has 36 heavy (non-hydrogen) atoms. The van der Waals surface area contributed by atoms with Crippen molar-refractivity contribution in [2.45, 2.75) is 57.9 Å². The van der Waals surface area contributed by atoms with E-state index < -0.39 is 23.9 Å². The van der Waals surface area contributed by atoms with E-state index in [1.54, 1.807) is 30.4 Å². The van der Waals surface area contributed by atoms with Gasteiger partial charge in [-0.15, -0.1) is 11.3 Å². The minimum atomic E-state index is -4.63. The number of thiazole rings is 1. The molecule has 0 radical (unpaired) electrons. The molecule has 0 saturated carbocycles. The molecule has 3 heterocycles. The number of benzene rings is 1. The molecule has 0 aliphatic carbocycles. The highest BCUT2D eigenvalue weighted by Crippen LogP contribution is 2.33. The summed E-state index contributed by atoms with van der Waals surface area (Å²) in [5, 5.41) is 3.56. The van der Waals surface area contributed by atoms with Gasteiger partial charge < -0.3 is 14.8 Å². The number of halogens is 3. The van der Waals surface area contributed by atoms with Crippen molar-refractivity contribution < 1.29 is 27.4 Å². The number of nitrogens with zero attached hydrogens (tertiary/aromatic N) is 3. The normalized spacial score (nSPS) is 16.8. The van der Waals surface area contributed by atoms with Gasteiger partial charge in [0.25, 0.3) is 5.91 Å². The van der Waals surface area contributed by atoms with E-state index in [1.807, 2.05) is 12.3 Å². The molecule has 1 amide bonds. The minimum Gasteiger partial charge on any atom is -0.491 e. The van der Waals surface area contributed by atoms with Gasteiger partial charge in [-0.3, -0.25) is 4.79 Å². The number of amides is 1. The highest BCUT2D eigenvalue weighted by molar-refractivity contribution is 7.15. The highest BCUT2D eigenvalue weighted by atomic mass is 32.1. The van der Waals surface area contributed by atoms with Crippen molar-refractivity contribution in [2.24, 2.45) is 0 Å². The van der Waals surface area contributed by atoms with Crippen molar-refractivity contribution in [1.29, 1.82) is 0 Å². The van der Waals surface area contributed by atoms with Crippen LogP contribution in [-0.2, 0) is 10.9 Å². The topological polar surface area (TPSA) is 86.2 Å². The van der Waals surface area contributed by atoms with Crippen LogP contribution in [0.4, 0.5) is 13.2 Å². The van der Waals surface area contributed by atoms with Gasteiger partial charge in [0.2, 0.25) is 5.82 Å². The molecule has 192 valence electrons. The summed E-state index contributed by atoms with van der Waals surface area (Å²) in [7, 11) is 0. The van der Waals surface area contributed by atoms with Gasteiger partial charge in [0.15, 0.2) is 0 Å². The number of rotatable bonds is 8. The SMILES string of the molecule is CC(C)c1cnc(-c2cc(OC[C@@H]3CCCO3)cc(C(=O)N[C@H](C)c3cnc(C(F)(F)F)nc3)c2)s1. The number of carbonyl (C=O) groups is 1. The smallest absolute Gasteiger partial charge is 0.451 e. The fourth-order valence-electron chi connectivity index (χ4n) is 3.66. The van der Waals surface area contributed by atoms with Crippen molar-refractivity contribution in [2.75, 3.05) is 13.2 Å². The van der Waals surface area contributed by atoms with Crippen molar-refractivity contribution >= 4 is 17.2 Å². The molecule has 3 aromatic rings. The van der Waals surface area contributed by atoms with Crippen LogP contribution in [0.15, 0.2) is 36.8 Å². The van der Waals surface area contributed by atoms with Crippen LogP contribution in [0.5, 0.6) is 5.75 Å². The Balaban J connectivity index is 1.55. The molecule has 0 unspecified atom stereocenters. The molecule has 2 aromatic heterocycles. The molecule has 1 fully saturated rings. The van der Waals surface area contributed by atoms with Crippen molar-refractivity contribution in [1.82, 2.24) is 20.3 Å². The van der Waals surface area contributed by atoms with Gasteiger partial charge in [0, 0.05) is 46.8 Å². The Morgan fingerprint density at radius 2 is 1.92 bits per heavy atom. The van der Waals surface area contributed by atoms with Crippen molar-refractivity contribution in [3.63, 3.8) is 0 Å². The molecule has 0 spiro atoms. The number of alkyl halides is 3. The van der Waals surface area contributed by atoms with Crippen LogP contribution < -0.4 is 10.1 Å². The van der Waals surface area contributed by atoms with Gasteiger partial charge in [-0.1, -0.05) is 13.8 Å². The molecule has 1 aliphatic heterocycles. The Labute approximate surface area is 211 Å². The lowest BCUT2D eigenvalue weighted by atomic mass is 10.1. The second-order valence-electron chi connectivity index (χ2n) is 8.95. The predicted molar refractivity (Wildman–Crippen MR) is 129 cm³/mol. The summed E-state index contributed by atoms with van der Waals surface area (Å²) in [6.45, 7) is 6.91. The standard InChI is InChI=1S/C25H27F3N4O3S/c1-14(2)21-12-29-23(36-21)17-7-16(8-20(9-17)35-13-19-5-4-6-34-19)22(33)32-15(3)18-10-30-24(31-11-18)25(26,27)28/h7-12,14-15,19H,4-6,13H2,1-3H3,(H,32,33)/t15-,19+/m1/s1. The number of nitrogens with one attached hydrogen (secondary N) is 1. The molecular weight excluding hydrogens is 493 g/mol. The number of ether oxygens (including phenoxy) is 2. The zero-order chi connectivity index (χ0) is 25.9. The number of hydrogen-bond donors (Lipinski definition) is 1. The first-order valence-corrected chi connectivity index (χ1v) is 12.5. The van der Waals surface area contributed by atoms with E-state index in [-0.39, 0.29) is 6.10 Å². The molecule has 1 aromatic carbocycles. The average Bonchev–Trinajstić information content (AvgIpc) is 3.54. The maximum absolute atomic E-state index is 13.1. The van der Waals surface area contributed by atoms with Crippen LogP contribution >= 0.6 is 11.3 Å². The molecular formula is C25H27F3N4O3S. The van der Waals surface area contributed by atoms with Gasteiger partial charge in [-0.05, 0) is 43.9 Å². The summed E-state index contributed by atoms with van der Waals surface area (Å²) in [5.41, 5.74) is 1.44. The Kier molecular flexibility index (Phi) is 7.89. The zero-order valence-electron chi connectivity index (χ0n) is 20.1. The van der Waals surface area contributed by atoms with Gasteiger partial charge in [0.05, 0.1) is 12.1 Å². The fraction of sp³-hybridized carbons (Fsp3) is 0.440. The molecule has 1 N–H and O–H groups in total. The van der Waals surface area contributed by atoms with Crippen LogP contribution in [0, 0.1) is 0 Å². The molecule has 1 saturated heterocycles. The molecule has 2 atom stereocenters. The lowest BCUT2D eigenvalue weighted by molar-refractivity contribution is -0.145. The fourth-order valence-corrected chi connectivity index (χ4v) is 4.57. The van der Waals surface area contributed by atoms with E-state index in [0.29, 0.717) is 36.0 Å². The Hall–Kier alpha value is -3.05. The van der Waals surface area contributed by atoms with E-state index in [2.05, 4.69) is 34.1 Å². The van der Waals surface area contributed by atoms with Gasteiger partial charge in [-0.25, -0.2) is 15.0 Å². The van der Waals surface area contributed by atoms with Crippen LogP contribution in [0.3, 0.4) is 0 Å². The number of aromatic nitrogens is 3. The van der Waals surface area contributed by atoms with Crippen molar-refractivity contribution in [3.05, 3.63) is 58.6 Å². The van der Waals surface area contributed by atoms with E-state index in [0.717, 1.165) is 40.7 Å². The third-order valence-electron chi connectivity index (χ3n) is 5.74. The lowest BCUT2D eigenvalue weighted by Gasteiger charge is -2.16. The predicted octanol–water partition coefficient (Wildman–Crippen LogP) is 5.79. The lowest BCUT2D eigenvalue weighted by Crippen LogP contribution is -2.27. The second kappa shape index (κ2) is 10.9. The summed E-state index contributed by atoms with van der Waals surface area (Å²) >= 11 is 1.55. The quantitative estimate of drug-likeness (QED) is 0.405. The summed E-state index contributed by atoms with van der Waals surface area (Å²) in [5.74, 6) is -0.800. The number of hydrogen-bond acceptors (Lipinski definition) is 7. The maximum atomic E-state index is 13.1. The molecule has 1 aliphatic rings. The van der Waals surface area contributed by atoms with Gasteiger partial charge in [0.1, 0.15) is 17.4 Å². The third kappa shape index (κ3) is 6.38. The first-order valence-electron chi connectivity index (χ1n) is 11.7. The van der Waals surface area contributed by atoms with Gasteiger partial charge >= 0.3 is 6.18 Å². The Morgan fingerprint density at radius 3 is 2.53 bits per heavy atom. The second-order valence-corrected chi connectivity index (χ2v) is 10.0. The van der Waals surface area contributed by atoms with Crippen LogP contribution in [0.1, 0.15) is 72.2 Å². The summed E-state index contributed by atoms with van der Waals surface area (Å²) in [4.78, 5) is 25.5. The maximum Gasteiger partial charge on any atom is 0.451 e. The number of carbonyl (C=O) groups excluding carboxylic acids is 1. The summed E-state index contributed by atoms with van der Waals surface area (Å²) < 4.78 is 49.9. The Bertz CT molecular complexity index is 1190. The average molecular weight is 521 g/mol. The largest absolute Gasteiger partial charge is 0.491 e. The highest BCUT2D eigenvalue weighted by Gasteiger charge is 2.34. The minimum absolute atomic E-state index is 0.0121.